The topological polar surface area (TPSA) is 9.86 Å². The molecule has 0 aliphatic rings. The van der Waals surface area contributed by atoms with Crippen molar-refractivity contribution in [2.45, 2.75) is 20.0 Å². The van der Waals surface area contributed by atoms with Gasteiger partial charge in [0.1, 0.15) is 11.6 Å². The minimum Gasteiger partial charge on any atom is -0.307 e. The van der Waals surface area contributed by atoms with Gasteiger partial charge in [0.05, 0.1) is 39.0 Å². The van der Waals surface area contributed by atoms with Crippen LogP contribution in [0.25, 0.3) is 66.1 Å². The lowest BCUT2D eigenvalue weighted by Gasteiger charge is -2.22. The summed E-state index contributed by atoms with van der Waals surface area (Å²) in [4.78, 5) is 0. The van der Waals surface area contributed by atoms with Crippen molar-refractivity contribution >= 4 is 43.6 Å². The Morgan fingerprint density at radius 3 is 1.43 bits per heavy atom. The van der Waals surface area contributed by atoms with E-state index >= 15 is 13.2 Å². The van der Waals surface area contributed by atoms with E-state index in [0.717, 1.165) is 72.9 Å². The Morgan fingerprint density at radius 1 is 0.478 bits per heavy atom. The molecule has 2 nitrogen and oxygen atoms in total. The number of rotatable bonds is 3. The van der Waals surface area contributed by atoms with Crippen LogP contribution < -0.4 is 0 Å². The molecule has 0 saturated carbocycles. The third kappa shape index (κ3) is 4.30. The summed E-state index contributed by atoms with van der Waals surface area (Å²) in [6, 6.07) is 32.3. The summed E-state index contributed by atoms with van der Waals surface area (Å²) in [5.41, 5.74) is 4.32. The maximum Gasteiger partial charge on any atom is 0.417 e. The standard InChI is InChI=1S/C39H25F5N2/c1-22-11-13-35-30(15-22)27-7-3-5-9-33(27)45(35)37-20-29(24-17-25(40)19-26(41)18-24)32(39(42,43)44)21-38(37)46-34-10-6-4-8-28(34)31-16-23(2)12-14-36(31)46/h3-21H,1-2H3. The average Bonchev–Trinajstić information content (AvgIpc) is 3.51. The van der Waals surface area contributed by atoms with Crippen LogP contribution in [0.2, 0.25) is 0 Å². The second-order valence-electron chi connectivity index (χ2n) is 11.8. The van der Waals surface area contributed by atoms with E-state index in [1.165, 1.54) is 6.07 Å². The van der Waals surface area contributed by atoms with Gasteiger partial charge in [0.2, 0.25) is 0 Å². The average molecular weight is 617 g/mol. The molecule has 0 amide bonds. The van der Waals surface area contributed by atoms with Crippen molar-refractivity contribution in [1.29, 1.82) is 0 Å². The van der Waals surface area contributed by atoms with Gasteiger partial charge in [-0.3, -0.25) is 0 Å². The second kappa shape index (κ2) is 10.0. The Morgan fingerprint density at radius 2 is 0.935 bits per heavy atom. The Hall–Kier alpha value is -5.43. The summed E-state index contributed by atoms with van der Waals surface area (Å²) < 4.78 is 78.0. The minimum atomic E-state index is -4.83. The third-order valence-electron chi connectivity index (χ3n) is 8.73. The zero-order valence-corrected chi connectivity index (χ0v) is 24.8. The number of alkyl halides is 3. The van der Waals surface area contributed by atoms with Gasteiger partial charge >= 0.3 is 6.18 Å². The number of hydrogen-bond acceptors (Lipinski definition) is 0. The van der Waals surface area contributed by atoms with Crippen LogP contribution in [0.1, 0.15) is 16.7 Å². The van der Waals surface area contributed by atoms with Gasteiger partial charge < -0.3 is 9.13 Å². The number of nitrogens with zero attached hydrogens (tertiary/aromatic N) is 2. The molecule has 0 saturated heterocycles. The van der Waals surface area contributed by atoms with E-state index in [4.69, 9.17) is 0 Å². The Bertz CT molecular complexity index is 2500. The molecule has 0 bridgehead atoms. The van der Waals surface area contributed by atoms with Gasteiger partial charge in [0, 0.05) is 27.6 Å². The molecule has 0 aliphatic heterocycles. The van der Waals surface area contributed by atoms with Crippen molar-refractivity contribution < 1.29 is 22.0 Å². The third-order valence-corrected chi connectivity index (χ3v) is 8.73. The molecular weight excluding hydrogens is 591 g/mol. The minimum absolute atomic E-state index is 0.202. The number of aryl methyl sites for hydroxylation is 2. The molecule has 8 aromatic rings. The number of para-hydroxylation sites is 2. The highest BCUT2D eigenvalue weighted by Crippen LogP contribution is 2.45. The zero-order chi connectivity index (χ0) is 31.9. The summed E-state index contributed by atoms with van der Waals surface area (Å²) in [5.74, 6) is -1.92. The molecule has 8 rings (SSSR count). The SMILES string of the molecule is Cc1ccc2c(c1)c1ccccc1n2-c1cc(-c2cc(F)cc(F)c2)c(C(F)(F)F)cc1-n1c2ccccc2c2cc(C)ccc21. The normalized spacial score (nSPS) is 12.2. The maximum atomic E-state index is 15.1. The highest BCUT2D eigenvalue weighted by Gasteiger charge is 2.36. The van der Waals surface area contributed by atoms with Gasteiger partial charge in [-0.15, -0.1) is 0 Å². The molecule has 0 spiro atoms. The van der Waals surface area contributed by atoms with Crippen molar-refractivity contribution in [3.8, 4) is 22.5 Å². The smallest absolute Gasteiger partial charge is 0.307 e. The highest BCUT2D eigenvalue weighted by atomic mass is 19.4. The molecule has 6 aromatic carbocycles. The summed E-state index contributed by atoms with van der Waals surface area (Å²) >= 11 is 0. The van der Waals surface area contributed by atoms with Gasteiger partial charge in [-0.2, -0.15) is 13.2 Å². The van der Waals surface area contributed by atoms with Crippen LogP contribution in [0.5, 0.6) is 0 Å². The van der Waals surface area contributed by atoms with Crippen molar-refractivity contribution in [1.82, 2.24) is 9.13 Å². The first-order valence-electron chi connectivity index (χ1n) is 14.8. The van der Waals surface area contributed by atoms with E-state index in [0.29, 0.717) is 11.8 Å². The Kier molecular flexibility index (Phi) is 6.13. The molecule has 0 atom stereocenters. The highest BCUT2D eigenvalue weighted by molar-refractivity contribution is 6.12. The first kappa shape index (κ1) is 28.1. The quantitative estimate of drug-likeness (QED) is 0.175. The lowest BCUT2D eigenvalue weighted by Crippen LogP contribution is -2.12. The second-order valence-corrected chi connectivity index (χ2v) is 11.8. The van der Waals surface area contributed by atoms with Crippen molar-refractivity contribution in [2.75, 3.05) is 0 Å². The van der Waals surface area contributed by atoms with Gasteiger partial charge in [-0.25, -0.2) is 8.78 Å². The largest absolute Gasteiger partial charge is 0.417 e. The number of fused-ring (bicyclic) bond motifs is 6. The van der Waals surface area contributed by atoms with Crippen molar-refractivity contribution in [3.63, 3.8) is 0 Å². The van der Waals surface area contributed by atoms with Crippen LogP contribution in [0.4, 0.5) is 22.0 Å². The first-order chi connectivity index (χ1) is 22.1. The molecule has 0 radical (unpaired) electrons. The van der Waals surface area contributed by atoms with Crippen LogP contribution in [0.3, 0.4) is 0 Å². The fraction of sp³-hybridized carbons (Fsp3) is 0.0769. The lowest BCUT2D eigenvalue weighted by atomic mass is 9.96. The number of aromatic nitrogens is 2. The molecule has 7 heteroatoms. The maximum absolute atomic E-state index is 15.1. The first-order valence-corrected chi connectivity index (χ1v) is 14.8. The molecule has 0 fully saturated rings. The van der Waals surface area contributed by atoms with Crippen molar-refractivity contribution in [3.05, 3.63) is 144 Å². The van der Waals surface area contributed by atoms with E-state index in [1.54, 1.807) is 0 Å². The van der Waals surface area contributed by atoms with Crippen LogP contribution >= 0.6 is 0 Å². The van der Waals surface area contributed by atoms with Crippen molar-refractivity contribution in [2.24, 2.45) is 0 Å². The van der Waals surface area contributed by atoms with E-state index in [2.05, 4.69) is 6.07 Å². The summed E-state index contributed by atoms with van der Waals surface area (Å²) in [5, 5.41) is 3.68. The van der Waals surface area contributed by atoms with Gasteiger partial charge in [-0.1, -0.05) is 59.7 Å². The molecule has 2 aromatic heterocycles. The Balaban J connectivity index is 1.61. The molecule has 0 aliphatic carbocycles. The fourth-order valence-electron chi connectivity index (χ4n) is 6.81. The monoisotopic (exact) mass is 616 g/mol. The van der Waals surface area contributed by atoms with Gasteiger partial charge in [0.25, 0.3) is 0 Å². The van der Waals surface area contributed by atoms with Crippen LogP contribution in [-0.2, 0) is 6.18 Å². The van der Waals surface area contributed by atoms with Gasteiger partial charge in [0.15, 0.2) is 0 Å². The van der Waals surface area contributed by atoms with E-state index in [1.807, 2.05) is 102 Å². The van der Waals surface area contributed by atoms with E-state index in [9.17, 15) is 8.78 Å². The molecule has 2 heterocycles. The Labute approximate surface area is 260 Å². The molecule has 0 N–H and O–H groups in total. The summed E-state index contributed by atoms with van der Waals surface area (Å²) in [6.07, 6.45) is -4.83. The molecule has 226 valence electrons. The lowest BCUT2D eigenvalue weighted by molar-refractivity contribution is -0.137. The number of hydrogen-bond donors (Lipinski definition) is 0. The summed E-state index contributed by atoms with van der Waals surface area (Å²) in [7, 11) is 0. The van der Waals surface area contributed by atoms with Crippen LogP contribution in [-0.4, -0.2) is 9.13 Å². The van der Waals surface area contributed by atoms with Gasteiger partial charge in [-0.05, 0) is 85.6 Å². The van der Waals surface area contributed by atoms with E-state index < -0.39 is 23.4 Å². The molecular formula is C39H25F5N2. The van der Waals surface area contributed by atoms with Crippen LogP contribution in [0.15, 0.2) is 115 Å². The fourth-order valence-corrected chi connectivity index (χ4v) is 6.81. The predicted molar refractivity (Wildman–Crippen MR) is 175 cm³/mol. The number of halogens is 5. The number of benzene rings is 6. The molecule has 0 unspecified atom stereocenters. The van der Waals surface area contributed by atoms with Crippen LogP contribution in [0, 0.1) is 25.5 Å². The zero-order valence-electron chi connectivity index (χ0n) is 24.8. The summed E-state index contributed by atoms with van der Waals surface area (Å²) in [6.45, 7) is 3.97. The van der Waals surface area contributed by atoms with E-state index in [-0.39, 0.29) is 16.8 Å². The molecule has 46 heavy (non-hydrogen) atoms. The predicted octanol–water partition coefficient (Wildman–Crippen LogP) is 11.5.